The van der Waals surface area contributed by atoms with Crippen LogP contribution in [0.5, 0.6) is 0 Å². The minimum absolute atomic E-state index is 0.0315. The van der Waals surface area contributed by atoms with Crippen LogP contribution in [0.3, 0.4) is 0 Å². The molecule has 0 atom stereocenters. The summed E-state index contributed by atoms with van der Waals surface area (Å²) in [5, 5.41) is 12.2. The number of aromatic amines is 1. The van der Waals surface area contributed by atoms with Crippen LogP contribution in [0.1, 0.15) is 22.5 Å². The van der Waals surface area contributed by atoms with Gasteiger partial charge in [0.2, 0.25) is 11.9 Å². The van der Waals surface area contributed by atoms with Gasteiger partial charge in [-0.1, -0.05) is 0 Å². The van der Waals surface area contributed by atoms with Crippen LogP contribution in [0.4, 0.5) is 10.9 Å². The van der Waals surface area contributed by atoms with Crippen LogP contribution >= 0.6 is 11.3 Å². The number of amides is 2. The average Bonchev–Trinajstić information content (AvgIpc) is 2.93. The SMILES string of the molecule is O=C(Nc1ncn[nH]1)c1ccc(NC(=O)C2CC2)s1. The third-order valence-corrected chi connectivity index (χ3v) is 3.67. The van der Waals surface area contributed by atoms with Crippen LogP contribution in [-0.4, -0.2) is 27.0 Å². The molecule has 0 saturated heterocycles. The molecule has 2 amide bonds. The van der Waals surface area contributed by atoms with Crippen molar-refractivity contribution in [3.63, 3.8) is 0 Å². The number of carbonyl (C=O) groups excluding carboxylic acids is 2. The summed E-state index contributed by atoms with van der Waals surface area (Å²) in [4.78, 5) is 27.7. The van der Waals surface area contributed by atoms with E-state index in [9.17, 15) is 9.59 Å². The van der Waals surface area contributed by atoms with E-state index in [2.05, 4.69) is 25.8 Å². The van der Waals surface area contributed by atoms with Crippen LogP contribution in [0.15, 0.2) is 18.5 Å². The molecule has 0 spiro atoms. The van der Waals surface area contributed by atoms with Gasteiger partial charge in [0.25, 0.3) is 5.91 Å². The van der Waals surface area contributed by atoms with E-state index in [0.29, 0.717) is 15.8 Å². The molecule has 7 nitrogen and oxygen atoms in total. The van der Waals surface area contributed by atoms with Gasteiger partial charge in [-0.3, -0.25) is 14.9 Å². The van der Waals surface area contributed by atoms with Crippen molar-refractivity contribution in [3.05, 3.63) is 23.3 Å². The highest BCUT2D eigenvalue weighted by Gasteiger charge is 2.29. The molecule has 1 aliphatic rings. The van der Waals surface area contributed by atoms with Crippen molar-refractivity contribution in [2.45, 2.75) is 12.8 Å². The standard InChI is InChI=1S/C11H11N5O2S/c17-9(6-1-2-6)14-8-4-3-7(19-8)10(18)15-11-12-5-13-16-11/h3-6H,1-2H2,(H,14,17)(H2,12,13,15,16,18). The maximum absolute atomic E-state index is 11.9. The molecule has 0 aliphatic heterocycles. The largest absolute Gasteiger partial charge is 0.317 e. The van der Waals surface area contributed by atoms with Gasteiger partial charge in [0, 0.05) is 5.92 Å². The zero-order valence-corrected chi connectivity index (χ0v) is 10.7. The molecule has 3 rings (SSSR count). The van der Waals surface area contributed by atoms with Gasteiger partial charge in [-0.15, -0.1) is 11.3 Å². The van der Waals surface area contributed by atoms with Crippen molar-refractivity contribution in [2.75, 3.05) is 10.6 Å². The van der Waals surface area contributed by atoms with Crippen LogP contribution in [-0.2, 0) is 4.79 Å². The Morgan fingerprint density at radius 3 is 2.84 bits per heavy atom. The number of carbonyl (C=O) groups is 2. The van der Waals surface area contributed by atoms with E-state index in [1.54, 1.807) is 12.1 Å². The lowest BCUT2D eigenvalue weighted by atomic mass is 10.4. The second kappa shape index (κ2) is 4.81. The van der Waals surface area contributed by atoms with E-state index in [4.69, 9.17) is 0 Å². The summed E-state index contributed by atoms with van der Waals surface area (Å²) in [7, 11) is 0. The van der Waals surface area contributed by atoms with E-state index in [1.807, 2.05) is 0 Å². The average molecular weight is 277 g/mol. The summed E-state index contributed by atoms with van der Waals surface area (Å²) in [6.45, 7) is 0. The number of H-pyrrole nitrogens is 1. The van der Waals surface area contributed by atoms with Crippen molar-refractivity contribution < 1.29 is 9.59 Å². The van der Waals surface area contributed by atoms with Crippen LogP contribution in [0.2, 0.25) is 0 Å². The van der Waals surface area contributed by atoms with Crippen LogP contribution in [0.25, 0.3) is 0 Å². The lowest BCUT2D eigenvalue weighted by Crippen LogP contribution is -2.12. The summed E-state index contributed by atoms with van der Waals surface area (Å²) in [5.74, 6) is 0.188. The second-order valence-corrected chi connectivity index (χ2v) is 5.30. The number of hydrogen-bond donors (Lipinski definition) is 3. The van der Waals surface area contributed by atoms with Gasteiger partial charge in [0.15, 0.2) is 0 Å². The Kier molecular flexibility index (Phi) is 3.00. The first-order valence-corrected chi connectivity index (χ1v) is 6.61. The molecule has 8 heteroatoms. The van der Waals surface area contributed by atoms with Crippen molar-refractivity contribution >= 4 is 34.1 Å². The molecule has 2 heterocycles. The minimum atomic E-state index is -0.284. The first kappa shape index (κ1) is 11.8. The predicted molar refractivity (Wildman–Crippen MR) is 70.0 cm³/mol. The van der Waals surface area contributed by atoms with Gasteiger partial charge in [-0.25, -0.2) is 5.10 Å². The van der Waals surface area contributed by atoms with E-state index >= 15 is 0 Å². The Hall–Kier alpha value is -2.22. The first-order chi connectivity index (χ1) is 9.22. The lowest BCUT2D eigenvalue weighted by molar-refractivity contribution is -0.117. The van der Waals surface area contributed by atoms with Crippen LogP contribution in [0, 0.1) is 5.92 Å². The highest BCUT2D eigenvalue weighted by molar-refractivity contribution is 7.18. The highest BCUT2D eigenvalue weighted by Crippen LogP contribution is 2.31. The maximum atomic E-state index is 11.9. The van der Waals surface area contributed by atoms with Crippen molar-refractivity contribution in [1.29, 1.82) is 0 Å². The van der Waals surface area contributed by atoms with E-state index in [-0.39, 0.29) is 17.7 Å². The van der Waals surface area contributed by atoms with E-state index < -0.39 is 0 Å². The number of aromatic nitrogens is 3. The Labute approximate surface area is 112 Å². The fourth-order valence-corrected chi connectivity index (χ4v) is 2.34. The van der Waals surface area contributed by atoms with Gasteiger partial charge in [-0.05, 0) is 25.0 Å². The van der Waals surface area contributed by atoms with Crippen molar-refractivity contribution in [1.82, 2.24) is 15.2 Å². The van der Waals surface area contributed by atoms with Gasteiger partial charge in [0.05, 0.1) is 9.88 Å². The number of nitrogens with zero attached hydrogens (tertiary/aromatic N) is 2. The summed E-state index contributed by atoms with van der Waals surface area (Å²) in [6.07, 6.45) is 3.22. The summed E-state index contributed by atoms with van der Waals surface area (Å²) in [6, 6.07) is 3.39. The third kappa shape index (κ3) is 2.79. The Bertz CT molecular complexity index is 602. The predicted octanol–water partition coefficient (Wildman–Crippen LogP) is 1.47. The van der Waals surface area contributed by atoms with Crippen molar-refractivity contribution in [2.24, 2.45) is 5.92 Å². The smallest absolute Gasteiger partial charge is 0.268 e. The quantitative estimate of drug-likeness (QED) is 0.787. The summed E-state index contributed by atoms with van der Waals surface area (Å²) < 4.78 is 0. The van der Waals surface area contributed by atoms with Gasteiger partial charge in [-0.2, -0.15) is 10.1 Å². The zero-order valence-electron chi connectivity index (χ0n) is 9.84. The van der Waals surface area contributed by atoms with Crippen LogP contribution < -0.4 is 10.6 Å². The molecule has 1 fully saturated rings. The second-order valence-electron chi connectivity index (χ2n) is 4.22. The molecule has 0 bridgehead atoms. The van der Waals surface area contributed by atoms with E-state index in [1.165, 1.54) is 17.7 Å². The fraction of sp³-hybridized carbons (Fsp3) is 0.273. The molecule has 1 aliphatic carbocycles. The molecule has 2 aromatic rings. The molecule has 19 heavy (non-hydrogen) atoms. The number of thiophene rings is 1. The maximum Gasteiger partial charge on any atom is 0.268 e. The molecule has 3 N–H and O–H groups in total. The molecule has 2 aromatic heterocycles. The Morgan fingerprint density at radius 1 is 1.32 bits per heavy atom. The fourth-order valence-electron chi connectivity index (χ4n) is 1.53. The summed E-state index contributed by atoms with van der Waals surface area (Å²) >= 11 is 1.23. The number of nitrogens with one attached hydrogen (secondary N) is 3. The Balaban J connectivity index is 1.63. The van der Waals surface area contributed by atoms with Crippen molar-refractivity contribution in [3.8, 4) is 0 Å². The first-order valence-electron chi connectivity index (χ1n) is 5.80. The molecule has 98 valence electrons. The summed E-state index contributed by atoms with van der Waals surface area (Å²) in [5.41, 5.74) is 0. The Morgan fingerprint density at radius 2 is 2.16 bits per heavy atom. The molecular formula is C11H11N5O2S. The topological polar surface area (TPSA) is 99.8 Å². The third-order valence-electron chi connectivity index (χ3n) is 2.67. The number of anilines is 2. The molecule has 0 radical (unpaired) electrons. The molecular weight excluding hydrogens is 266 g/mol. The molecule has 0 aromatic carbocycles. The monoisotopic (exact) mass is 277 g/mol. The minimum Gasteiger partial charge on any atom is -0.317 e. The number of rotatable bonds is 4. The normalized spacial score (nSPS) is 14.1. The molecule has 1 saturated carbocycles. The lowest BCUT2D eigenvalue weighted by Gasteiger charge is -1.99. The van der Waals surface area contributed by atoms with Gasteiger partial charge < -0.3 is 5.32 Å². The van der Waals surface area contributed by atoms with Gasteiger partial charge >= 0.3 is 0 Å². The number of hydrogen-bond acceptors (Lipinski definition) is 5. The highest BCUT2D eigenvalue weighted by atomic mass is 32.1. The molecule has 0 unspecified atom stereocenters. The van der Waals surface area contributed by atoms with Gasteiger partial charge in [0.1, 0.15) is 6.33 Å². The van der Waals surface area contributed by atoms with E-state index in [0.717, 1.165) is 12.8 Å². The zero-order chi connectivity index (χ0) is 13.2.